The highest BCUT2D eigenvalue weighted by atomic mass is 35.5. The number of carbonyl (C=O) groups is 1. The number of aromatic nitrogens is 2. The number of hydrogen-bond acceptors (Lipinski definition) is 5. The standard InChI is InChI=1S/C20H17ClN2O3S/c1-11-7-16-18(27-11)9-17(20(24)25-3)23(16)10-15-12(2)26-19(22-15)13-5-4-6-14(21)8-13/h4-9H,10H2,1-3H3. The van der Waals surface area contributed by atoms with Crippen molar-refractivity contribution in [1.82, 2.24) is 9.55 Å². The summed E-state index contributed by atoms with van der Waals surface area (Å²) in [5.41, 5.74) is 3.07. The van der Waals surface area contributed by atoms with E-state index in [1.165, 1.54) is 12.0 Å². The maximum Gasteiger partial charge on any atom is 0.354 e. The van der Waals surface area contributed by atoms with E-state index in [2.05, 4.69) is 11.1 Å². The Morgan fingerprint density at radius 2 is 2.11 bits per heavy atom. The van der Waals surface area contributed by atoms with Crippen molar-refractivity contribution in [2.24, 2.45) is 0 Å². The summed E-state index contributed by atoms with van der Waals surface area (Å²) >= 11 is 7.72. The monoisotopic (exact) mass is 400 g/mol. The van der Waals surface area contributed by atoms with E-state index in [0.29, 0.717) is 28.9 Å². The Hall–Kier alpha value is -2.57. The van der Waals surface area contributed by atoms with Crippen LogP contribution in [0.2, 0.25) is 5.02 Å². The molecular formula is C20H17ClN2O3S. The van der Waals surface area contributed by atoms with Crippen LogP contribution in [0, 0.1) is 13.8 Å². The first-order chi connectivity index (χ1) is 13.0. The molecule has 27 heavy (non-hydrogen) atoms. The second-order valence-corrected chi connectivity index (χ2v) is 7.97. The molecule has 0 aliphatic rings. The van der Waals surface area contributed by atoms with E-state index in [1.807, 2.05) is 42.7 Å². The van der Waals surface area contributed by atoms with Crippen molar-refractivity contribution in [2.45, 2.75) is 20.4 Å². The van der Waals surface area contributed by atoms with Crippen LogP contribution in [0.25, 0.3) is 21.7 Å². The van der Waals surface area contributed by atoms with Gasteiger partial charge in [0.15, 0.2) is 0 Å². The second-order valence-electron chi connectivity index (χ2n) is 6.25. The highest BCUT2D eigenvalue weighted by molar-refractivity contribution is 7.19. The summed E-state index contributed by atoms with van der Waals surface area (Å²) in [6.45, 7) is 4.33. The number of carbonyl (C=O) groups excluding carboxylic acids is 1. The zero-order chi connectivity index (χ0) is 19.1. The van der Waals surface area contributed by atoms with Gasteiger partial charge in [-0.15, -0.1) is 11.3 Å². The lowest BCUT2D eigenvalue weighted by Crippen LogP contribution is -2.12. The number of oxazole rings is 1. The maximum absolute atomic E-state index is 12.2. The normalized spacial score (nSPS) is 11.3. The number of nitrogens with zero attached hydrogens (tertiary/aromatic N) is 2. The fraction of sp³-hybridized carbons (Fsp3) is 0.200. The Morgan fingerprint density at radius 1 is 1.30 bits per heavy atom. The minimum Gasteiger partial charge on any atom is -0.464 e. The summed E-state index contributed by atoms with van der Waals surface area (Å²) in [5, 5.41) is 0.624. The van der Waals surface area contributed by atoms with E-state index in [4.69, 9.17) is 20.8 Å². The van der Waals surface area contributed by atoms with Gasteiger partial charge in [0.2, 0.25) is 5.89 Å². The first-order valence-corrected chi connectivity index (χ1v) is 9.56. The third-order valence-corrected chi connectivity index (χ3v) is 5.60. The number of esters is 1. The van der Waals surface area contributed by atoms with E-state index in [9.17, 15) is 4.79 Å². The Balaban J connectivity index is 1.77. The molecule has 0 aliphatic carbocycles. The molecule has 0 N–H and O–H groups in total. The molecule has 0 unspecified atom stereocenters. The molecule has 5 nitrogen and oxygen atoms in total. The molecule has 0 radical (unpaired) electrons. The third kappa shape index (κ3) is 3.26. The number of hydrogen-bond donors (Lipinski definition) is 0. The number of benzene rings is 1. The van der Waals surface area contributed by atoms with Crippen LogP contribution < -0.4 is 0 Å². The number of rotatable bonds is 4. The van der Waals surface area contributed by atoms with Gasteiger partial charge >= 0.3 is 5.97 Å². The Labute approximate surface area is 165 Å². The zero-order valence-electron chi connectivity index (χ0n) is 15.1. The molecule has 0 bridgehead atoms. The van der Waals surface area contributed by atoms with E-state index in [-0.39, 0.29) is 5.97 Å². The molecule has 0 amide bonds. The number of ether oxygens (including phenoxy) is 1. The predicted molar refractivity (Wildman–Crippen MR) is 107 cm³/mol. The summed E-state index contributed by atoms with van der Waals surface area (Å²) in [6, 6.07) is 11.3. The van der Waals surface area contributed by atoms with Crippen LogP contribution >= 0.6 is 22.9 Å². The molecule has 4 rings (SSSR count). The number of aryl methyl sites for hydroxylation is 2. The Morgan fingerprint density at radius 3 is 2.85 bits per heavy atom. The molecular weight excluding hydrogens is 384 g/mol. The predicted octanol–water partition coefficient (Wildman–Crippen LogP) is 5.46. The molecule has 0 spiro atoms. The van der Waals surface area contributed by atoms with Gasteiger partial charge in [-0.05, 0) is 44.2 Å². The lowest BCUT2D eigenvalue weighted by Gasteiger charge is -2.07. The molecule has 3 aromatic heterocycles. The minimum atomic E-state index is -0.368. The highest BCUT2D eigenvalue weighted by Crippen LogP contribution is 2.31. The number of fused-ring (bicyclic) bond motifs is 1. The fourth-order valence-electron chi connectivity index (χ4n) is 3.08. The summed E-state index contributed by atoms with van der Waals surface area (Å²) in [4.78, 5) is 18.1. The van der Waals surface area contributed by atoms with Crippen LogP contribution in [-0.2, 0) is 11.3 Å². The van der Waals surface area contributed by atoms with Crippen molar-refractivity contribution in [1.29, 1.82) is 0 Å². The lowest BCUT2D eigenvalue weighted by molar-refractivity contribution is 0.0589. The van der Waals surface area contributed by atoms with Gasteiger partial charge in [-0.3, -0.25) is 0 Å². The van der Waals surface area contributed by atoms with E-state index >= 15 is 0 Å². The summed E-state index contributed by atoms with van der Waals surface area (Å²) in [7, 11) is 1.39. The van der Waals surface area contributed by atoms with Crippen LogP contribution in [0.3, 0.4) is 0 Å². The molecule has 0 fully saturated rings. The number of thiophene rings is 1. The molecule has 3 heterocycles. The lowest BCUT2D eigenvalue weighted by atomic mass is 10.2. The van der Waals surface area contributed by atoms with Crippen LogP contribution in [0.1, 0.15) is 26.8 Å². The summed E-state index contributed by atoms with van der Waals surface area (Å²) in [5.74, 6) is 0.844. The molecule has 0 saturated carbocycles. The maximum atomic E-state index is 12.2. The van der Waals surface area contributed by atoms with Crippen molar-refractivity contribution in [2.75, 3.05) is 7.11 Å². The molecule has 0 saturated heterocycles. The van der Waals surface area contributed by atoms with Crippen molar-refractivity contribution in [3.8, 4) is 11.5 Å². The van der Waals surface area contributed by atoms with Crippen LogP contribution in [0.4, 0.5) is 0 Å². The second kappa shape index (κ2) is 6.87. The Bertz CT molecular complexity index is 1160. The van der Waals surface area contributed by atoms with Crippen molar-refractivity contribution >= 4 is 39.1 Å². The van der Waals surface area contributed by atoms with Crippen LogP contribution in [0.15, 0.2) is 40.8 Å². The average Bonchev–Trinajstić information content (AvgIpc) is 3.28. The molecule has 0 aliphatic heterocycles. The molecule has 4 aromatic rings. The minimum absolute atomic E-state index is 0.368. The van der Waals surface area contributed by atoms with Crippen molar-refractivity contribution in [3.63, 3.8) is 0 Å². The van der Waals surface area contributed by atoms with Gasteiger partial charge in [0.05, 0.1) is 23.9 Å². The van der Waals surface area contributed by atoms with Gasteiger partial charge in [0.1, 0.15) is 17.1 Å². The van der Waals surface area contributed by atoms with Crippen LogP contribution in [-0.4, -0.2) is 22.6 Å². The van der Waals surface area contributed by atoms with Gasteiger partial charge in [-0.25, -0.2) is 9.78 Å². The zero-order valence-corrected chi connectivity index (χ0v) is 16.6. The van der Waals surface area contributed by atoms with Crippen LogP contribution in [0.5, 0.6) is 0 Å². The molecule has 138 valence electrons. The van der Waals surface area contributed by atoms with Gasteiger partial charge < -0.3 is 13.7 Å². The van der Waals surface area contributed by atoms with E-state index in [0.717, 1.165) is 21.5 Å². The topological polar surface area (TPSA) is 57.3 Å². The number of methoxy groups -OCH3 is 1. The van der Waals surface area contributed by atoms with Gasteiger partial charge in [-0.2, -0.15) is 0 Å². The van der Waals surface area contributed by atoms with Crippen molar-refractivity contribution < 1.29 is 13.9 Å². The summed E-state index contributed by atoms with van der Waals surface area (Å²) < 4.78 is 13.8. The van der Waals surface area contributed by atoms with Crippen molar-refractivity contribution in [3.05, 3.63) is 63.4 Å². The fourth-order valence-corrected chi connectivity index (χ4v) is 4.23. The Kier molecular flexibility index (Phi) is 4.53. The first kappa shape index (κ1) is 17.8. The van der Waals surface area contributed by atoms with Gasteiger partial charge in [0, 0.05) is 15.5 Å². The first-order valence-electron chi connectivity index (χ1n) is 8.36. The number of halogens is 1. The van der Waals surface area contributed by atoms with E-state index < -0.39 is 0 Å². The SMILES string of the molecule is COC(=O)c1cc2sc(C)cc2n1Cc1nc(-c2cccc(Cl)c2)oc1C. The highest BCUT2D eigenvalue weighted by Gasteiger charge is 2.20. The molecule has 0 atom stereocenters. The smallest absolute Gasteiger partial charge is 0.354 e. The summed E-state index contributed by atoms with van der Waals surface area (Å²) in [6.07, 6.45) is 0. The molecule has 1 aromatic carbocycles. The largest absolute Gasteiger partial charge is 0.464 e. The van der Waals surface area contributed by atoms with Gasteiger partial charge in [0.25, 0.3) is 0 Å². The average molecular weight is 401 g/mol. The van der Waals surface area contributed by atoms with E-state index in [1.54, 1.807) is 17.4 Å². The molecule has 7 heteroatoms. The third-order valence-electron chi connectivity index (χ3n) is 4.38. The quantitative estimate of drug-likeness (QED) is 0.426. The van der Waals surface area contributed by atoms with Gasteiger partial charge in [-0.1, -0.05) is 17.7 Å².